The second kappa shape index (κ2) is 9.02. The summed E-state index contributed by atoms with van der Waals surface area (Å²) < 4.78 is 0. The molecule has 1 aliphatic carbocycles. The fraction of sp³-hybridized carbons (Fsp3) is 0.579. The zero-order valence-corrected chi connectivity index (χ0v) is 15.1. The molecule has 0 bridgehead atoms. The minimum Gasteiger partial charge on any atom is -0.375 e. The van der Waals surface area contributed by atoms with Crippen molar-refractivity contribution >= 4 is 23.1 Å². The average Bonchev–Trinajstić information content (AvgIpc) is 2.56. The van der Waals surface area contributed by atoms with Crippen LogP contribution in [0.4, 0.5) is 0 Å². The highest BCUT2D eigenvalue weighted by molar-refractivity contribution is 7.80. The maximum atomic E-state index is 12.2. The average molecular weight is 333 g/mol. The van der Waals surface area contributed by atoms with E-state index in [1.807, 2.05) is 23.1 Å². The normalized spacial score (nSPS) is 16.6. The molecule has 23 heavy (non-hydrogen) atoms. The van der Waals surface area contributed by atoms with Crippen molar-refractivity contribution in [3.63, 3.8) is 0 Å². The Hall–Kier alpha value is -1.42. The summed E-state index contributed by atoms with van der Waals surface area (Å²) in [6.45, 7) is 4.34. The number of amides is 1. The predicted octanol–water partition coefficient (Wildman–Crippen LogP) is 4.06. The number of hydrogen-bond donors (Lipinski definition) is 1. The summed E-state index contributed by atoms with van der Waals surface area (Å²) in [5.74, 6) is 0.0773. The molecule has 0 spiro atoms. The monoisotopic (exact) mass is 332 g/mol. The summed E-state index contributed by atoms with van der Waals surface area (Å²) in [6, 6.07) is 10.6. The molecule has 1 atom stereocenters. The molecule has 1 amide bonds. The Kier molecular flexibility index (Phi) is 7.03. The Morgan fingerprint density at radius 2 is 1.91 bits per heavy atom. The minimum atomic E-state index is -0.0235. The Morgan fingerprint density at radius 3 is 2.48 bits per heavy atom. The summed E-state index contributed by atoms with van der Waals surface area (Å²) in [6.07, 6.45) is 7.10. The topological polar surface area (TPSA) is 32.3 Å². The molecule has 126 valence electrons. The van der Waals surface area contributed by atoms with Gasteiger partial charge < -0.3 is 10.2 Å². The molecule has 2 rings (SSSR count). The van der Waals surface area contributed by atoms with E-state index in [0.29, 0.717) is 12.6 Å². The molecule has 0 radical (unpaired) electrons. The van der Waals surface area contributed by atoms with Gasteiger partial charge in [0, 0.05) is 19.5 Å². The van der Waals surface area contributed by atoms with Crippen LogP contribution in [0.5, 0.6) is 0 Å². The van der Waals surface area contributed by atoms with Gasteiger partial charge in [-0.3, -0.25) is 4.79 Å². The molecule has 1 fully saturated rings. The first-order valence-electron chi connectivity index (χ1n) is 8.73. The lowest BCUT2D eigenvalue weighted by molar-refractivity contribution is -0.130. The van der Waals surface area contributed by atoms with E-state index in [1.54, 1.807) is 6.92 Å². The number of nitrogens with one attached hydrogen (secondary N) is 1. The number of nitrogens with zero attached hydrogens (tertiary/aromatic N) is 1. The first-order chi connectivity index (χ1) is 11.1. The van der Waals surface area contributed by atoms with Crippen LogP contribution in [0.25, 0.3) is 0 Å². The maximum Gasteiger partial charge on any atom is 0.220 e. The van der Waals surface area contributed by atoms with Crippen molar-refractivity contribution in [3.8, 4) is 0 Å². The molecule has 0 aliphatic heterocycles. The molecule has 3 nitrogen and oxygen atoms in total. The first kappa shape index (κ1) is 17.9. The van der Waals surface area contributed by atoms with E-state index in [9.17, 15) is 4.79 Å². The molecular formula is C19H28N2OS. The van der Waals surface area contributed by atoms with Gasteiger partial charge in [-0.25, -0.2) is 0 Å². The van der Waals surface area contributed by atoms with E-state index in [0.717, 1.165) is 17.0 Å². The minimum absolute atomic E-state index is 0.0235. The molecule has 1 aromatic rings. The van der Waals surface area contributed by atoms with Crippen LogP contribution in [0.3, 0.4) is 0 Å². The first-order valence-corrected chi connectivity index (χ1v) is 9.14. The van der Waals surface area contributed by atoms with Gasteiger partial charge in [0.15, 0.2) is 0 Å². The third-order valence-electron chi connectivity index (χ3n) is 4.62. The molecule has 0 unspecified atom stereocenters. The van der Waals surface area contributed by atoms with E-state index in [-0.39, 0.29) is 11.9 Å². The van der Waals surface area contributed by atoms with Crippen LogP contribution in [0.1, 0.15) is 57.9 Å². The predicted molar refractivity (Wildman–Crippen MR) is 99.4 cm³/mol. The maximum absolute atomic E-state index is 12.2. The molecular weight excluding hydrogens is 304 g/mol. The Balaban J connectivity index is 2.04. The third-order valence-corrected chi connectivity index (χ3v) is 5.01. The largest absolute Gasteiger partial charge is 0.375 e. The highest BCUT2D eigenvalue weighted by Gasteiger charge is 2.25. The lowest BCUT2D eigenvalue weighted by atomic mass is 9.95. The van der Waals surface area contributed by atoms with Gasteiger partial charge in [-0.05, 0) is 24.8 Å². The van der Waals surface area contributed by atoms with Crippen molar-refractivity contribution in [1.29, 1.82) is 0 Å². The molecule has 1 aromatic carbocycles. The van der Waals surface area contributed by atoms with Gasteiger partial charge in [-0.1, -0.05) is 68.7 Å². The SMILES string of the molecule is CC[C@@H](C(=S)NC1CCCCC1)N(Cc1ccccc1)C(C)=O. The van der Waals surface area contributed by atoms with Gasteiger partial charge in [0.2, 0.25) is 5.91 Å². The summed E-state index contributed by atoms with van der Waals surface area (Å²) >= 11 is 5.66. The quantitative estimate of drug-likeness (QED) is 0.797. The van der Waals surface area contributed by atoms with Crippen LogP contribution < -0.4 is 5.32 Å². The van der Waals surface area contributed by atoms with Gasteiger partial charge in [-0.2, -0.15) is 0 Å². The van der Waals surface area contributed by atoms with Crippen LogP contribution in [0, 0.1) is 0 Å². The van der Waals surface area contributed by atoms with Crippen LogP contribution in [-0.4, -0.2) is 27.9 Å². The van der Waals surface area contributed by atoms with E-state index < -0.39 is 0 Å². The molecule has 1 N–H and O–H groups in total. The van der Waals surface area contributed by atoms with Crippen LogP contribution in [-0.2, 0) is 11.3 Å². The fourth-order valence-electron chi connectivity index (χ4n) is 3.31. The van der Waals surface area contributed by atoms with Gasteiger partial charge >= 0.3 is 0 Å². The molecule has 0 heterocycles. The molecule has 4 heteroatoms. The zero-order chi connectivity index (χ0) is 16.7. The molecule has 1 saturated carbocycles. The standard InChI is InChI=1S/C19H28N2OS/c1-3-18(19(23)20-17-12-8-5-9-13-17)21(15(2)22)14-16-10-6-4-7-11-16/h4,6-7,10-11,17-18H,3,5,8-9,12-14H2,1-2H3,(H,20,23)/t18-/m0/s1. The van der Waals surface area contributed by atoms with Gasteiger partial charge in [-0.15, -0.1) is 0 Å². The van der Waals surface area contributed by atoms with Crippen molar-refractivity contribution in [3.05, 3.63) is 35.9 Å². The third kappa shape index (κ3) is 5.31. The second-order valence-corrected chi connectivity index (χ2v) is 6.84. The lowest BCUT2D eigenvalue weighted by Gasteiger charge is -2.34. The van der Waals surface area contributed by atoms with Crippen molar-refractivity contribution in [1.82, 2.24) is 10.2 Å². The van der Waals surface area contributed by atoms with Gasteiger partial charge in [0.25, 0.3) is 0 Å². The van der Waals surface area contributed by atoms with Crippen molar-refractivity contribution in [2.24, 2.45) is 0 Å². The van der Waals surface area contributed by atoms with E-state index in [4.69, 9.17) is 12.2 Å². The van der Waals surface area contributed by atoms with Crippen LogP contribution in [0.15, 0.2) is 30.3 Å². The summed E-state index contributed by atoms with van der Waals surface area (Å²) in [4.78, 5) is 14.9. The summed E-state index contributed by atoms with van der Waals surface area (Å²) in [5.41, 5.74) is 1.14. The van der Waals surface area contributed by atoms with Crippen LogP contribution >= 0.6 is 12.2 Å². The number of benzene rings is 1. The van der Waals surface area contributed by atoms with Crippen molar-refractivity contribution in [2.45, 2.75) is 71.0 Å². The zero-order valence-electron chi connectivity index (χ0n) is 14.3. The fourth-order valence-corrected chi connectivity index (χ4v) is 3.77. The summed E-state index contributed by atoms with van der Waals surface area (Å²) in [7, 11) is 0. The van der Waals surface area contributed by atoms with Gasteiger partial charge in [0.1, 0.15) is 0 Å². The summed E-state index contributed by atoms with van der Waals surface area (Å²) in [5, 5.41) is 3.53. The number of hydrogen-bond acceptors (Lipinski definition) is 2. The Labute approximate surface area is 145 Å². The molecule has 1 aliphatic rings. The molecule has 0 saturated heterocycles. The van der Waals surface area contributed by atoms with E-state index in [2.05, 4.69) is 24.4 Å². The number of carbonyl (C=O) groups is 1. The Morgan fingerprint density at radius 1 is 1.26 bits per heavy atom. The van der Waals surface area contributed by atoms with E-state index in [1.165, 1.54) is 32.1 Å². The number of carbonyl (C=O) groups excluding carboxylic acids is 1. The van der Waals surface area contributed by atoms with Crippen molar-refractivity contribution in [2.75, 3.05) is 0 Å². The Bertz CT molecular complexity index is 511. The van der Waals surface area contributed by atoms with Crippen LogP contribution in [0.2, 0.25) is 0 Å². The van der Waals surface area contributed by atoms with Crippen molar-refractivity contribution < 1.29 is 4.79 Å². The number of rotatable bonds is 6. The smallest absolute Gasteiger partial charge is 0.220 e. The van der Waals surface area contributed by atoms with Gasteiger partial charge in [0.05, 0.1) is 11.0 Å². The van der Waals surface area contributed by atoms with E-state index >= 15 is 0 Å². The lowest BCUT2D eigenvalue weighted by Crippen LogP contribution is -2.50. The molecule has 0 aromatic heterocycles. The highest BCUT2D eigenvalue weighted by atomic mass is 32.1. The highest BCUT2D eigenvalue weighted by Crippen LogP contribution is 2.19. The number of thiocarbonyl (C=S) groups is 1. The second-order valence-electron chi connectivity index (χ2n) is 6.40.